The first kappa shape index (κ1) is 12.2. The second-order valence-corrected chi connectivity index (χ2v) is 6.34. The van der Waals surface area contributed by atoms with Gasteiger partial charge in [-0.2, -0.15) is 5.48 Å². The van der Waals surface area contributed by atoms with Gasteiger partial charge in [0, 0.05) is 6.54 Å². The minimum atomic E-state index is -0.0634. The molecule has 0 aromatic carbocycles. The van der Waals surface area contributed by atoms with Crippen molar-refractivity contribution in [3.63, 3.8) is 0 Å². The van der Waals surface area contributed by atoms with Crippen LogP contribution in [0, 0.1) is 0 Å². The molecule has 0 spiro atoms. The van der Waals surface area contributed by atoms with Crippen molar-refractivity contribution in [3.8, 4) is 0 Å². The normalized spacial score (nSPS) is 25.9. The molecule has 0 aromatic rings. The van der Waals surface area contributed by atoms with Crippen molar-refractivity contribution in [2.24, 2.45) is 0 Å². The van der Waals surface area contributed by atoms with Gasteiger partial charge in [-0.3, -0.25) is 0 Å². The zero-order valence-corrected chi connectivity index (χ0v) is 10.5. The number of hydroxylamine groups is 1. The quantitative estimate of drug-likeness (QED) is 0.576. The predicted octanol–water partition coefficient (Wildman–Crippen LogP) is 2.20. The van der Waals surface area contributed by atoms with E-state index in [-0.39, 0.29) is 10.9 Å². The first-order chi connectivity index (χ1) is 6.53. The Morgan fingerprint density at radius 1 is 1.64 bits per heavy atom. The lowest BCUT2D eigenvalue weighted by molar-refractivity contribution is 0.0565. The molecule has 0 aliphatic carbocycles. The van der Waals surface area contributed by atoms with Crippen molar-refractivity contribution in [1.82, 2.24) is 10.4 Å². The van der Waals surface area contributed by atoms with E-state index in [9.17, 15) is 0 Å². The van der Waals surface area contributed by atoms with Crippen molar-refractivity contribution < 1.29 is 5.21 Å². The number of rotatable bonds is 4. The molecule has 3 nitrogen and oxygen atoms in total. The van der Waals surface area contributed by atoms with Gasteiger partial charge in [0.15, 0.2) is 0 Å². The van der Waals surface area contributed by atoms with Gasteiger partial charge in [-0.25, -0.2) is 0 Å². The van der Waals surface area contributed by atoms with Crippen molar-refractivity contribution in [1.29, 1.82) is 0 Å². The van der Waals surface area contributed by atoms with Crippen molar-refractivity contribution in [2.45, 2.75) is 44.5 Å². The van der Waals surface area contributed by atoms with Gasteiger partial charge in [0.2, 0.25) is 0 Å². The van der Waals surface area contributed by atoms with Crippen molar-refractivity contribution in [2.75, 3.05) is 6.54 Å². The molecular formula is C9H18N2OS2. The van der Waals surface area contributed by atoms with Gasteiger partial charge in [0.05, 0.1) is 4.75 Å². The van der Waals surface area contributed by atoms with Gasteiger partial charge < -0.3 is 10.1 Å². The first-order valence-electron chi connectivity index (χ1n) is 4.92. The Kier molecular flexibility index (Phi) is 4.18. The van der Waals surface area contributed by atoms with Crippen LogP contribution in [0.2, 0.25) is 0 Å². The number of thiocarbonyl (C=S) groups is 1. The van der Waals surface area contributed by atoms with E-state index in [1.807, 2.05) is 0 Å². The standard InChI is InChI=1S/C9H18N2OS2/c1-4-5-6-11-7(10-12)9(2,3)14-8(11)13/h7,10,12H,4-6H2,1-3H3. The Balaban J connectivity index is 2.68. The lowest BCUT2D eigenvalue weighted by Crippen LogP contribution is -2.50. The average molecular weight is 234 g/mol. The van der Waals surface area contributed by atoms with Crippen LogP contribution in [0.4, 0.5) is 0 Å². The lowest BCUT2D eigenvalue weighted by atomic mass is 10.1. The summed E-state index contributed by atoms with van der Waals surface area (Å²) in [4.78, 5) is 2.07. The molecule has 5 heteroatoms. The highest BCUT2D eigenvalue weighted by atomic mass is 32.2. The summed E-state index contributed by atoms with van der Waals surface area (Å²) >= 11 is 6.93. The third kappa shape index (κ3) is 2.39. The summed E-state index contributed by atoms with van der Waals surface area (Å²) in [5.41, 5.74) is 2.36. The van der Waals surface area contributed by atoms with Crippen LogP contribution in [0.1, 0.15) is 33.6 Å². The van der Waals surface area contributed by atoms with Gasteiger partial charge in [-0.1, -0.05) is 37.3 Å². The van der Waals surface area contributed by atoms with Gasteiger partial charge in [-0.15, -0.1) is 0 Å². The fraction of sp³-hybridized carbons (Fsp3) is 0.889. The summed E-state index contributed by atoms with van der Waals surface area (Å²) in [5, 5.41) is 9.12. The van der Waals surface area contributed by atoms with E-state index in [1.165, 1.54) is 0 Å². The summed E-state index contributed by atoms with van der Waals surface area (Å²) in [7, 11) is 0. The molecule has 1 aliphatic rings. The SMILES string of the molecule is CCCCN1C(=S)SC(C)(C)C1NO. The Bertz CT molecular complexity index is 221. The largest absolute Gasteiger partial charge is 0.339 e. The third-order valence-corrected chi connectivity index (χ3v) is 4.07. The molecule has 0 amide bonds. The predicted molar refractivity (Wildman–Crippen MR) is 64.6 cm³/mol. The van der Waals surface area contributed by atoms with E-state index in [2.05, 4.69) is 31.2 Å². The van der Waals surface area contributed by atoms with Gasteiger partial charge >= 0.3 is 0 Å². The fourth-order valence-electron chi connectivity index (χ4n) is 1.59. The topological polar surface area (TPSA) is 35.5 Å². The smallest absolute Gasteiger partial charge is 0.138 e. The summed E-state index contributed by atoms with van der Waals surface area (Å²) < 4.78 is 0.828. The molecule has 82 valence electrons. The number of thioether (sulfide) groups is 1. The fourth-order valence-corrected chi connectivity index (χ4v) is 3.49. The van der Waals surface area contributed by atoms with Crippen molar-refractivity contribution in [3.05, 3.63) is 0 Å². The molecule has 0 saturated carbocycles. The number of nitrogens with one attached hydrogen (secondary N) is 1. The van der Waals surface area contributed by atoms with Gasteiger partial charge in [0.1, 0.15) is 10.5 Å². The highest BCUT2D eigenvalue weighted by Crippen LogP contribution is 2.39. The summed E-state index contributed by atoms with van der Waals surface area (Å²) in [6, 6.07) is 0. The lowest BCUT2D eigenvalue weighted by Gasteiger charge is -2.30. The van der Waals surface area contributed by atoms with Crippen LogP contribution >= 0.6 is 24.0 Å². The third-order valence-electron chi connectivity index (χ3n) is 2.43. The molecule has 0 radical (unpaired) electrons. The second-order valence-electron chi connectivity index (χ2n) is 4.05. The van der Waals surface area contributed by atoms with E-state index in [0.717, 1.165) is 23.7 Å². The van der Waals surface area contributed by atoms with E-state index < -0.39 is 0 Å². The summed E-state index contributed by atoms with van der Waals surface area (Å²) in [6.07, 6.45) is 2.18. The molecule has 0 aromatic heterocycles. The number of hydrogen-bond acceptors (Lipinski definition) is 4. The van der Waals surface area contributed by atoms with E-state index in [0.29, 0.717) is 0 Å². The maximum absolute atomic E-state index is 9.12. The first-order valence-corrected chi connectivity index (χ1v) is 6.14. The minimum Gasteiger partial charge on any atom is -0.339 e. The van der Waals surface area contributed by atoms with Crippen LogP contribution in [0.25, 0.3) is 0 Å². The van der Waals surface area contributed by atoms with Crippen LogP contribution in [0.15, 0.2) is 0 Å². The van der Waals surface area contributed by atoms with E-state index in [4.69, 9.17) is 17.4 Å². The van der Waals surface area contributed by atoms with Crippen LogP contribution in [-0.2, 0) is 0 Å². The Hall–Kier alpha value is 0.160. The second kappa shape index (κ2) is 4.79. The molecule has 2 N–H and O–H groups in total. The van der Waals surface area contributed by atoms with Crippen LogP contribution in [0.5, 0.6) is 0 Å². The highest BCUT2D eigenvalue weighted by molar-refractivity contribution is 8.24. The van der Waals surface area contributed by atoms with E-state index in [1.54, 1.807) is 11.8 Å². The molecule has 14 heavy (non-hydrogen) atoms. The molecule has 1 saturated heterocycles. The molecule has 1 aliphatic heterocycles. The number of hydrogen-bond donors (Lipinski definition) is 2. The number of unbranched alkanes of at least 4 members (excludes halogenated alkanes) is 1. The molecule has 1 unspecified atom stereocenters. The van der Waals surface area contributed by atoms with Crippen LogP contribution in [0.3, 0.4) is 0 Å². The zero-order chi connectivity index (χ0) is 10.8. The maximum atomic E-state index is 9.12. The van der Waals surface area contributed by atoms with Gasteiger partial charge in [-0.05, 0) is 20.3 Å². The molecule has 1 heterocycles. The minimum absolute atomic E-state index is 0.0560. The number of nitrogens with zero attached hydrogens (tertiary/aromatic N) is 1. The molecular weight excluding hydrogens is 216 g/mol. The monoisotopic (exact) mass is 234 g/mol. The molecule has 1 atom stereocenters. The summed E-state index contributed by atoms with van der Waals surface area (Å²) in [5.74, 6) is 0. The van der Waals surface area contributed by atoms with Crippen LogP contribution in [-0.4, -0.2) is 31.9 Å². The Morgan fingerprint density at radius 2 is 2.29 bits per heavy atom. The van der Waals surface area contributed by atoms with E-state index >= 15 is 0 Å². The molecule has 1 fully saturated rings. The highest BCUT2D eigenvalue weighted by Gasteiger charge is 2.43. The van der Waals surface area contributed by atoms with Crippen molar-refractivity contribution >= 4 is 28.3 Å². The molecule has 0 bridgehead atoms. The van der Waals surface area contributed by atoms with Crippen LogP contribution < -0.4 is 5.48 Å². The zero-order valence-electron chi connectivity index (χ0n) is 8.91. The average Bonchev–Trinajstić information content (AvgIpc) is 2.31. The van der Waals surface area contributed by atoms with Gasteiger partial charge in [0.25, 0.3) is 0 Å². The Labute approximate surface area is 95.2 Å². The maximum Gasteiger partial charge on any atom is 0.138 e. The summed E-state index contributed by atoms with van der Waals surface area (Å²) in [6.45, 7) is 7.25. The Morgan fingerprint density at radius 3 is 2.79 bits per heavy atom. The molecule has 1 rings (SSSR count).